The Kier molecular flexibility index (Phi) is 2.78. The standard InChI is InChI=1S/C12H11ClO2/c1-15-12-5-3-9(13)7-11(12)8-2-4-10(14)6-8/h3,5-7H,2,4H2,1H3. The molecule has 0 amide bonds. The smallest absolute Gasteiger partial charge is 0.156 e. The van der Waals surface area contributed by atoms with Gasteiger partial charge in [-0.15, -0.1) is 0 Å². The molecule has 0 unspecified atom stereocenters. The van der Waals surface area contributed by atoms with E-state index < -0.39 is 0 Å². The molecular weight excluding hydrogens is 212 g/mol. The Bertz CT molecular complexity index is 435. The Morgan fingerprint density at radius 3 is 2.73 bits per heavy atom. The van der Waals surface area contributed by atoms with Gasteiger partial charge in [-0.2, -0.15) is 0 Å². The monoisotopic (exact) mass is 222 g/mol. The minimum Gasteiger partial charge on any atom is -0.496 e. The molecule has 0 saturated carbocycles. The Labute approximate surface area is 93.5 Å². The van der Waals surface area contributed by atoms with Gasteiger partial charge in [0.1, 0.15) is 5.75 Å². The summed E-state index contributed by atoms with van der Waals surface area (Å²) in [6.07, 6.45) is 3.04. The highest BCUT2D eigenvalue weighted by molar-refractivity contribution is 6.30. The van der Waals surface area contributed by atoms with Crippen molar-refractivity contribution < 1.29 is 9.53 Å². The van der Waals surface area contributed by atoms with Crippen LogP contribution in [0.3, 0.4) is 0 Å². The Hall–Kier alpha value is -1.28. The summed E-state index contributed by atoms with van der Waals surface area (Å²) in [5, 5.41) is 0.658. The number of ketones is 1. The number of halogens is 1. The second-order valence-corrected chi connectivity index (χ2v) is 3.92. The second kappa shape index (κ2) is 4.07. The highest BCUT2D eigenvalue weighted by Gasteiger charge is 2.16. The summed E-state index contributed by atoms with van der Waals surface area (Å²) < 4.78 is 5.24. The number of carbonyl (C=O) groups is 1. The lowest BCUT2D eigenvalue weighted by Gasteiger charge is -2.09. The molecule has 0 fully saturated rings. The summed E-state index contributed by atoms with van der Waals surface area (Å²) >= 11 is 5.92. The fourth-order valence-corrected chi connectivity index (χ4v) is 1.91. The van der Waals surface area contributed by atoms with E-state index in [0.29, 0.717) is 11.4 Å². The van der Waals surface area contributed by atoms with Crippen molar-refractivity contribution in [2.45, 2.75) is 12.8 Å². The van der Waals surface area contributed by atoms with Crippen molar-refractivity contribution in [2.24, 2.45) is 0 Å². The van der Waals surface area contributed by atoms with Crippen LogP contribution in [-0.4, -0.2) is 12.9 Å². The fraction of sp³-hybridized carbons (Fsp3) is 0.250. The van der Waals surface area contributed by atoms with Crippen molar-refractivity contribution in [3.8, 4) is 5.75 Å². The van der Waals surface area contributed by atoms with Gasteiger partial charge in [0.15, 0.2) is 5.78 Å². The summed E-state index contributed by atoms with van der Waals surface area (Å²) in [5.74, 6) is 0.937. The molecule has 0 aromatic heterocycles. The zero-order valence-corrected chi connectivity index (χ0v) is 9.17. The molecular formula is C12H11ClO2. The van der Waals surface area contributed by atoms with E-state index in [-0.39, 0.29) is 5.78 Å². The van der Waals surface area contributed by atoms with Gasteiger partial charge in [0.25, 0.3) is 0 Å². The molecule has 0 spiro atoms. The molecule has 0 aliphatic heterocycles. The molecule has 0 N–H and O–H groups in total. The Morgan fingerprint density at radius 2 is 2.13 bits per heavy atom. The van der Waals surface area contributed by atoms with E-state index in [9.17, 15) is 4.79 Å². The quantitative estimate of drug-likeness (QED) is 0.769. The predicted octanol–water partition coefficient (Wildman–Crippen LogP) is 3.09. The predicted molar refractivity (Wildman–Crippen MR) is 60.2 cm³/mol. The van der Waals surface area contributed by atoms with E-state index >= 15 is 0 Å². The van der Waals surface area contributed by atoms with Crippen LogP contribution in [0.15, 0.2) is 24.3 Å². The first-order valence-corrected chi connectivity index (χ1v) is 5.16. The number of hydrogen-bond acceptors (Lipinski definition) is 2. The molecule has 1 aromatic rings. The van der Waals surface area contributed by atoms with Crippen LogP contribution in [0.2, 0.25) is 5.02 Å². The van der Waals surface area contributed by atoms with Crippen LogP contribution in [0.1, 0.15) is 18.4 Å². The fourth-order valence-electron chi connectivity index (χ4n) is 1.74. The average molecular weight is 223 g/mol. The van der Waals surface area contributed by atoms with Gasteiger partial charge in [-0.3, -0.25) is 4.79 Å². The number of methoxy groups -OCH3 is 1. The van der Waals surface area contributed by atoms with Crippen molar-refractivity contribution in [2.75, 3.05) is 7.11 Å². The summed E-state index contributed by atoms with van der Waals surface area (Å²) in [5.41, 5.74) is 1.94. The highest BCUT2D eigenvalue weighted by Crippen LogP contribution is 2.34. The van der Waals surface area contributed by atoms with Crippen molar-refractivity contribution in [3.05, 3.63) is 34.9 Å². The molecule has 0 radical (unpaired) electrons. The molecule has 2 nitrogen and oxygen atoms in total. The van der Waals surface area contributed by atoms with Crippen molar-refractivity contribution in [3.63, 3.8) is 0 Å². The van der Waals surface area contributed by atoms with Crippen LogP contribution >= 0.6 is 11.6 Å². The minimum atomic E-state index is 0.173. The first kappa shape index (κ1) is 10.2. The molecule has 1 aliphatic rings. The number of allylic oxidation sites excluding steroid dienone is 2. The summed E-state index contributed by atoms with van der Waals surface area (Å²) in [6.45, 7) is 0. The third-order valence-corrected chi connectivity index (χ3v) is 2.72. The van der Waals surface area contributed by atoms with Gasteiger partial charge in [-0.25, -0.2) is 0 Å². The Morgan fingerprint density at radius 1 is 1.33 bits per heavy atom. The van der Waals surface area contributed by atoms with E-state index in [1.807, 2.05) is 12.1 Å². The zero-order valence-electron chi connectivity index (χ0n) is 8.42. The van der Waals surface area contributed by atoms with E-state index in [4.69, 9.17) is 16.3 Å². The largest absolute Gasteiger partial charge is 0.496 e. The lowest BCUT2D eigenvalue weighted by atomic mass is 10.0. The number of carbonyl (C=O) groups excluding carboxylic acids is 1. The lowest BCUT2D eigenvalue weighted by Crippen LogP contribution is -1.90. The molecule has 15 heavy (non-hydrogen) atoms. The van der Waals surface area contributed by atoms with Crippen molar-refractivity contribution in [1.29, 1.82) is 0 Å². The number of benzene rings is 1. The van der Waals surface area contributed by atoms with E-state index in [0.717, 1.165) is 23.3 Å². The topological polar surface area (TPSA) is 26.3 Å². The zero-order chi connectivity index (χ0) is 10.8. The molecule has 0 heterocycles. The lowest BCUT2D eigenvalue weighted by molar-refractivity contribution is -0.114. The molecule has 0 saturated heterocycles. The molecule has 1 aromatic carbocycles. The summed E-state index contributed by atoms with van der Waals surface area (Å²) in [7, 11) is 1.62. The van der Waals surface area contributed by atoms with Crippen LogP contribution < -0.4 is 4.74 Å². The van der Waals surface area contributed by atoms with Gasteiger partial charge in [0, 0.05) is 17.0 Å². The van der Waals surface area contributed by atoms with Gasteiger partial charge >= 0.3 is 0 Å². The number of ether oxygens (including phenoxy) is 1. The minimum absolute atomic E-state index is 0.173. The molecule has 2 rings (SSSR count). The molecule has 0 bridgehead atoms. The third-order valence-electron chi connectivity index (χ3n) is 2.48. The highest BCUT2D eigenvalue weighted by atomic mass is 35.5. The number of hydrogen-bond donors (Lipinski definition) is 0. The average Bonchev–Trinajstić information content (AvgIpc) is 2.65. The van der Waals surface area contributed by atoms with Crippen LogP contribution in [0.4, 0.5) is 0 Å². The van der Waals surface area contributed by atoms with E-state index in [1.54, 1.807) is 19.3 Å². The summed E-state index contributed by atoms with van der Waals surface area (Å²) in [4.78, 5) is 11.2. The van der Waals surface area contributed by atoms with Crippen molar-refractivity contribution in [1.82, 2.24) is 0 Å². The first-order chi connectivity index (χ1) is 7.20. The first-order valence-electron chi connectivity index (χ1n) is 4.78. The summed E-state index contributed by atoms with van der Waals surface area (Å²) in [6, 6.07) is 5.44. The van der Waals surface area contributed by atoms with Gasteiger partial charge in [0.2, 0.25) is 0 Å². The SMILES string of the molecule is COc1ccc(Cl)cc1C1=CC(=O)CC1. The number of rotatable bonds is 2. The maximum atomic E-state index is 11.2. The van der Waals surface area contributed by atoms with Crippen LogP contribution in [0, 0.1) is 0 Å². The van der Waals surface area contributed by atoms with Gasteiger partial charge in [0.05, 0.1) is 7.11 Å². The molecule has 0 atom stereocenters. The van der Waals surface area contributed by atoms with Gasteiger partial charge in [-0.05, 0) is 36.3 Å². The van der Waals surface area contributed by atoms with Crippen LogP contribution in [0.25, 0.3) is 5.57 Å². The van der Waals surface area contributed by atoms with E-state index in [1.165, 1.54) is 0 Å². The Balaban J connectivity index is 2.46. The maximum absolute atomic E-state index is 11.2. The normalized spacial score (nSPS) is 15.3. The second-order valence-electron chi connectivity index (χ2n) is 3.48. The maximum Gasteiger partial charge on any atom is 0.156 e. The van der Waals surface area contributed by atoms with Crippen molar-refractivity contribution >= 4 is 23.0 Å². The van der Waals surface area contributed by atoms with Crippen LogP contribution in [-0.2, 0) is 4.79 Å². The van der Waals surface area contributed by atoms with Gasteiger partial charge < -0.3 is 4.74 Å². The van der Waals surface area contributed by atoms with Gasteiger partial charge in [-0.1, -0.05) is 11.6 Å². The van der Waals surface area contributed by atoms with E-state index in [2.05, 4.69) is 0 Å². The molecule has 1 aliphatic carbocycles. The van der Waals surface area contributed by atoms with Crippen LogP contribution in [0.5, 0.6) is 5.75 Å². The molecule has 78 valence electrons. The molecule has 3 heteroatoms. The third kappa shape index (κ3) is 2.05.